The average Bonchev–Trinajstić information content (AvgIpc) is 3.58. The monoisotopic (exact) mass is 447 g/mol. The molecule has 5 heterocycles. The quantitative estimate of drug-likeness (QED) is 0.599. The number of carbonyl (C=O) groups excluding carboxylic acids is 2. The van der Waals surface area contributed by atoms with Gasteiger partial charge in [0.05, 0.1) is 17.4 Å². The van der Waals surface area contributed by atoms with Crippen molar-refractivity contribution in [1.29, 1.82) is 0 Å². The summed E-state index contributed by atoms with van der Waals surface area (Å²) in [6, 6.07) is 5.87. The van der Waals surface area contributed by atoms with Gasteiger partial charge < -0.3 is 14.4 Å². The zero-order valence-corrected chi connectivity index (χ0v) is 19.3. The highest BCUT2D eigenvalue weighted by Crippen LogP contribution is 2.50. The Bertz CT molecular complexity index is 1170. The van der Waals surface area contributed by atoms with Crippen LogP contribution >= 0.6 is 0 Å². The van der Waals surface area contributed by atoms with Crippen molar-refractivity contribution in [2.45, 2.75) is 38.8 Å². The molecule has 0 radical (unpaired) electrons. The average molecular weight is 448 g/mol. The van der Waals surface area contributed by atoms with Crippen molar-refractivity contribution >= 4 is 11.8 Å². The molecule has 1 spiro atoms. The van der Waals surface area contributed by atoms with E-state index in [0.717, 1.165) is 11.3 Å². The first-order valence-electron chi connectivity index (χ1n) is 11.4. The molecule has 2 aliphatic heterocycles. The molecule has 33 heavy (non-hydrogen) atoms. The summed E-state index contributed by atoms with van der Waals surface area (Å²) in [5, 5.41) is 4.29. The Labute approximate surface area is 193 Å². The third kappa shape index (κ3) is 3.71. The van der Waals surface area contributed by atoms with Crippen LogP contribution in [-0.2, 0) is 18.4 Å². The first kappa shape index (κ1) is 21.4. The Kier molecular flexibility index (Phi) is 5.26. The fourth-order valence-electron chi connectivity index (χ4n) is 5.14. The number of aromatic nitrogens is 5. The van der Waals surface area contributed by atoms with Crippen LogP contribution in [-0.4, -0.2) is 65.6 Å². The first-order valence-corrected chi connectivity index (χ1v) is 11.4. The van der Waals surface area contributed by atoms with Gasteiger partial charge in [0.25, 0.3) is 5.91 Å². The molecular weight excluding hydrogens is 418 g/mol. The minimum absolute atomic E-state index is 0.0970. The number of rotatable bonds is 5. The smallest absolute Gasteiger partial charge is 0.274 e. The summed E-state index contributed by atoms with van der Waals surface area (Å²) in [7, 11) is 1.79. The largest absolute Gasteiger partial charge is 0.338 e. The lowest BCUT2D eigenvalue weighted by Crippen LogP contribution is -2.40. The van der Waals surface area contributed by atoms with E-state index < -0.39 is 5.41 Å². The van der Waals surface area contributed by atoms with Crippen molar-refractivity contribution in [2.24, 2.45) is 12.5 Å². The van der Waals surface area contributed by atoms with Crippen LogP contribution in [0.15, 0.2) is 49.3 Å². The third-order valence-corrected chi connectivity index (χ3v) is 7.00. The molecule has 0 aromatic carbocycles. The van der Waals surface area contributed by atoms with Crippen molar-refractivity contribution in [1.82, 2.24) is 34.1 Å². The molecule has 172 valence electrons. The standard InChI is InChI=1S/C24H29N7O2/c1-17(2)31-14-21(26-16-31)19-13-30(22(32)20-6-10-28(3)27-20)15-24(19)7-11-29(23(24)33)12-18-4-8-25-9-5-18/h4-6,8-10,14,16-17,19H,7,11-13,15H2,1-3H3/t19-,24+/m1/s1. The summed E-state index contributed by atoms with van der Waals surface area (Å²) < 4.78 is 3.68. The molecule has 3 aromatic rings. The molecular formula is C24H29N7O2. The van der Waals surface area contributed by atoms with Gasteiger partial charge in [-0.25, -0.2) is 4.98 Å². The van der Waals surface area contributed by atoms with E-state index in [1.54, 1.807) is 41.3 Å². The van der Waals surface area contributed by atoms with Gasteiger partial charge in [0.15, 0.2) is 0 Å². The van der Waals surface area contributed by atoms with Crippen molar-refractivity contribution in [3.8, 4) is 0 Å². The number of likely N-dealkylation sites (tertiary alicyclic amines) is 2. The van der Waals surface area contributed by atoms with E-state index in [1.165, 1.54) is 0 Å². The zero-order valence-electron chi connectivity index (χ0n) is 19.3. The molecule has 2 atom stereocenters. The first-order chi connectivity index (χ1) is 15.9. The number of carbonyl (C=O) groups is 2. The third-order valence-electron chi connectivity index (χ3n) is 7.00. The maximum absolute atomic E-state index is 13.9. The van der Waals surface area contributed by atoms with Gasteiger partial charge in [0.2, 0.25) is 5.91 Å². The number of hydrogen-bond donors (Lipinski definition) is 0. The molecule has 2 aliphatic rings. The van der Waals surface area contributed by atoms with E-state index in [0.29, 0.717) is 38.3 Å². The molecule has 9 nitrogen and oxygen atoms in total. The Morgan fingerprint density at radius 2 is 2.03 bits per heavy atom. The van der Waals surface area contributed by atoms with Gasteiger partial charge in [0, 0.05) is 70.0 Å². The van der Waals surface area contributed by atoms with Gasteiger partial charge in [-0.1, -0.05) is 0 Å². The number of aryl methyl sites for hydroxylation is 1. The molecule has 0 bridgehead atoms. The molecule has 0 saturated carbocycles. The summed E-state index contributed by atoms with van der Waals surface area (Å²) in [4.78, 5) is 39.6. The number of pyridine rings is 1. The van der Waals surface area contributed by atoms with E-state index in [-0.39, 0.29) is 23.8 Å². The highest BCUT2D eigenvalue weighted by Gasteiger charge is 2.58. The number of hydrogen-bond acceptors (Lipinski definition) is 5. The summed E-state index contributed by atoms with van der Waals surface area (Å²) in [6.45, 7) is 6.25. The van der Waals surface area contributed by atoms with Gasteiger partial charge in [-0.05, 0) is 44.0 Å². The molecule has 3 aromatic heterocycles. The molecule has 0 unspecified atom stereocenters. The summed E-state index contributed by atoms with van der Waals surface area (Å²) >= 11 is 0. The lowest BCUT2D eigenvalue weighted by molar-refractivity contribution is -0.136. The van der Waals surface area contributed by atoms with Gasteiger partial charge in [0.1, 0.15) is 5.69 Å². The lowest BCUT2D eigenvalue weighted by atomic mass is 9.75. The topological polar surface area (TPSA) is 89.2 Å². The van der Waals surface area contributed by atoms with E-state index in [9.17, 15) is 9.59 Å². The van der Waals surface area contributed by atoms with Crippen molar-refractivity contribution in [3.63, 3.8) is 0 Å². The number of imidazole rings is 1. The van der Waals surface area contributed by atoms with Gasteiger partial charge in [-0.3, -0.25) is 19.3 Å². The molecule has 2 amide bonds. The van der Waals surface area contributed by atoms with Crippen LogP contribution in [0, 0.1) is 5.41 Å². The Morgan fingerprint density at radius 1 is 1.24 bits per heavy atom. The minimum Gasteiger partial charge on any atom is -0.338 e. The highest BCUT2D eigenvalue weighted by molar-refractivity contribution is 5.94. The second kappa shape index (κ2) is 8.13. The van der Waals surface area contributed by atoms with Crippen molar-refractivity contribution in [3.05, 3.63) is 66.3 Å². The van der Waals surface area contributed by atoms with Gasteiger partial charge in [-0.15, -0.1) is 0 Å². The lowest BCUT2D eigenvalue weighted by Gasteiger charge is -2.27. The van der Waals surface area contributed by atoms with Gasteiger partial charge >= 0.3 is 0 Å². The second-order valence-corrected chi connectivity index (χ2v) is 9.44. The predicted octanol–water partition coefficient (Wildman–Crippen LogP) is 2.25. The van der Waals surface area contributed by atoms with Crippen LogP contribution in [0.3, 0.4) is 0 Å². The summed E-state index contributed by atoms with van der Waals surface area (Å²) in [6.07, 6.45) is 9.81. The van der Waals surface area contributed by atoms with Crippen LogP contribution in [0.1, 0.15) is 54.0 Å². The molecule has 2 saturated heterocycles. The maximum Gasteiger partial charge on any atom is 0.274 e. The van der Waals surface area contributed by atoms with E-state index in [4.69, 9.17) is 0 Å². The SMILES string of the molecule is CC(C)n1cnc([C@H]2CN(C(=O)c3ccn(C)n3)C[C@@]23CCN(Cc2ccncc2)C3=O)c1. The van der Waals surface area contributed by atoms with Crippen molar-refractivity contribution < 1.29 is 9.59 Å². The molecule has 0 N–H and O–H groups in total. The fourth-order valence-corrected chi connectivity index (χ4v) is 5.14. The van der Waals surface area contributed by atoms with E-state index in [2.05, 4.69) is 33.5 Å². The molecule has 2 fully saturated rings. The van der Waals surface area contributed by atoms with Crippen LogP contribution in [0.2, 0.25) is 0 Å². The van der Waals surface area contributed by atoms with E-state index in [1.807, 2.05) is 29.6 Å². The molecule has 5 rings (SSSR count). The normalized spacial score (nSPS) is 22.8. The second-order valence-electron chi connectivity index (χ2n) is 9.44. The Balaban J connectivity index is 1.47. The van der Waals surface area contributed by atoms with E-state index >= 15 is 0 Å². The molecule has 9 heteroatoms. The van der Waals surface area contributed by atoms with Crippen LogP contribution in [0.5, 0.6) is 0 Å². The molecule has 0 aliphatic carbocycles. The predicted molar refractivity (Wildman–Crippen MR) is 121 cm³/mol. The Morgan fingerprint density at radius 3 is 2.70 bits per heavy atom. The van der Waals surface area contributed by atoms with Gasteiger partial charge in [-0.2, -0.15) is 5.10 Å². The van der Waals surface area contributed by atoms with Crippen molar-refractivity contribution in [2.75, 3.05) is 19.6 Å². The Hall–Kier alpha value is -3.49. The summed E-state index contributed by atoms with van der Waals surface area (Å²) in [5.41, 5.74) is 1.66. The summed E-state index contributed by atoms with van der Waals surface area (Å²) in [5.74, 6) is -0.194. The number of amides is 2. The zero-order chi connectivity index (χ0) is 23.2. The maximum atomic E-state index is 13.9. The number of nitrogens with zero attached hydrogens (tertiary/aromatic N) is 7. The minimum atomic E-state index is -0.673. The van der Waals surface area contributed by atoms with Crippen LogP contribution in [0.4, 0.5) is 0 Å². The highest BCUT2D eigenvalue weighted by atomic mass is 16.2. The van der Waals surface area contributed by atoms with Crippen LogP contribution in [0.25, 0.3) is 0 Å². The fraction of sp³-hybridized carbons (Fsp3) is 0.458. The van der Waals surface area contributed by atoms with Crippen LogP contribution < -0.4 is 0 Å².